The van der Waals surface area contributed by atoms with Crippen LogP contribution in [0, 0.1) is 11.3 Å². The first-order chi connectivity index (χ1) is 8.48. The summed E-state index contributed by atoms with van der Waals surface area (Å²) in [5.74, 6) is 1.03. The molecule has 0 aliphatic heterocycles. The Morgan fingerprint density at radius 1 is 1.44 bits per heavy atom. The van der Waals surface area contributed by atoms with Gasteiger partial charge in [0.2, 0.25) is 0 Å². The van der Waals surface area contributed by atoms with E-state index in [0.29, 0.717) is 17.1 Å². The molecule has 0 heterocycles. The Balaban J connectivity index is 2.37. The molecule has 2 aliphatic carbocycles. The molecule has 18 heavy (non-hydrogen) atoms. The van der Waals surface area contributed by atoms with Gasteiger partial charge >= 0.3 is 0 Å². The highest BCUT2D eigenvalue weighted by atomic mass is 16.1. The molecule has 1 fully saturated rings. The molecule has 2 aliphatic rings. The van der Waals surface area contributed by atoms with Gasteiger partial charge < -0.3 is 0 Å². The SMILES string of the molecule is C=C(C)C1CCC2(C)CCC(=O)C(CCC)=C2C1. The van der Waals surface area contributed by atoms with Crippen molar-refractivity contribution in [2.75, 3.05) is 0 Å². The summed E-state index contributed by atoms with van der Waals surface area (Å²) in [5.41, 5.74) is 4.26. The molecule has 100 valence electrons. The Labute approximate surface area is 111 Å². The average Bonchev–Trinajstić information content (AvgIpc) is 2.33. The summed E-state index contributed by atoms with van der Waals surface area (Å²) >= 11 is 0. The lowest BCUT2D eigenvalue weighted by Gasteiger charge is -2.44. The summed E-state index contributed by atoms with van der Waals surface area (Å²) in [7, 11) is 0. The van der Waals surface area contributed by atoms with Gasteiger partial charge in [0.1, 0.15) is 0 Å². The molecule has 1 saturated carbocycles. The fraction of sp³-hybridized carbons (Fsp3) is 0.706. The molecule has 2 rings (SSSR count). The lowest BCUT2D eigenvalue weighted by molar-refractivity contribution is -0.117. The van der Waals surface area contributed by atoms with Crippen LogP contribution in [0.2, 0.25) is 0 Å². The molecule has 0 spiro atoms. The summed E-state index contributed by atoms with van der Waals surface area (Å²) in [5, 5.41) is 0. The van der Waals surface area contributed by atoms with Crippen molar-refractivity contribution in [3.8, 4) is 0 Å². The smallest absolute Gasteiger partial charge is 0.158 e. The maximum atomic E-state index is 12.2. The lowest BCUT2D eigenvalue weighted by atomic mass is 9.60. The zero-order valence-corrected chi connectivity index (χ0v) is 12.1. The van der Waals surface area contributed by atoms with Crippen LogP contribution in [0.1, 0.15) is 65.7 Å². The molecule has 0 aromatic carbocycles. The number of carbonyl (C=O) groups is 1. The van der Waals surface area contributed by atoms with E-state index in [1.165, 1.54) is 29.6 Å². The summed E-state index contributed by atoms with van der Waals surface area (Å²) in [6, 6.07) is 0. The Bertz CT molecular complexity index is 402. The van der Waals surface area contributed by atoms with Gasteiger partial charge in [-0.05, 0) is 55.9 Å². The van der Waals surface area contributed by atoms with E-state index in [4.69, 9.17) is 0 Å². The number of rotatable bonds is 3. The molecule has 0 radical (unpaired) electrons. The van der Waals surface area contributed by atoms with E-state index in [0.717, 1.165) is 32.1 Å². The van der Waals surface area contributed by atoms with Crippen LogP contribution in [-0.2, 0) is 4.79 Å². The van der Waals surface area contributed by atoms with Crippen molar-refractivity contribution in [2.45, 2.75) is 65.7 Å². The fourth-order valence-electron chi connectivity index (χ4n) is 3.67. The Hall–Kier alpha value is -0.850. The van der Waals surface area contributed by atoms with Gasteiger partial charge in [-0.1, -0.05) is 38.0 Å². The van der Waals surface area contributed by atoms with E-state index in [9.17, 15) is 4.79 Å². The fourth-order valence-corrected chi connectivity index (χ4v) is 3.67. The van der Waals surface area contributed by atoms with Crippen LogP contribution in [0.15, 0.2) is 23.3 Å². The van der Waals surface area contributed by atoms with Crippen LogP contribution >= 0.6 is 0 Å². The number of allylic oxidation sites excluding steroid dienone is 3. The number of hydrogen-bond acceptors (Lipinski definition) is 1. The first-order valence-corrected chi connectivity index (χ1v) is 7.39. The van der Waals surface area contributed by atoms with Crippen LogP contribution in [0.4, 0.5) is 0 Å². The van der Waals surface area contributed by atoms with Crippen LogP contribution in [-0.4, -0.2) is 5.78 Å². The van der Waals surface area contributed by atoms with Crippen molar-refractivity contribution in [2.24, 2.45) is 11.3 Å². The van der Waals surface area contributed by atoms with Crippen LogP contribution in [0.25, 0.3) is 0 Å². The molecule has 2 unspecified atom stereocenters. The van der Waals surface area contributed by atoms with Gasteiger partial charge in [-0.2, -0.15) is 0 Å². The molecule has 0 aromatic rings. The van der Waals surface area contributed by atoms with E-state index in [-0.39, 0.29) is 0 Å². The van der Waals surface area contributed by atoms with Crippen LogP contribution in [0.5, 0.6) is 0 Å². The summed E-state index contributed by atoms with van der Waals surface area (Å²) in [6.45, 7) is 10.8. The second kappa shape index (κ2) is 5.03. The minimum Gasteiger partial charge on any atom is -0.295 e. The second-order valence-corrected chi connectivity index (χ2v) is 6.48. The first-order valence-electron chi connectivity index (χ1n) is 7.39. The monoisotopic (exact) mass is 246 g/mol. The third kappa shape index (κ3) is 2.32. The number of hydrogen-bond donors (Lipinski definition) is 0. The van der Waals surface area contributed by atoms with Crippen LogP contribution in [0.3, 0.4) is 0 Å². The van der Waals surface area contributed by atoms with Gasteiger partial charge in [-0.15, -0.1) is 0 Å². The van der Waals surface area contributed by atoms with E-state index in [2.05, 4.69) is 27.4 Å². The minimum atomic E-state index is 0.310. The highest BCUT2D eigenvalue weighted by Crippen LogP contribution is 2.51. The second-order valence-electron chi connectivity index (χ2n) is 6.48. The van der Waals surface area contributed by atoms with E-state index >= 15 is 0 Å². The number of fused-ring (bicyclic) bond motifs is 1. The quantitative estimate of drug-likeness (QED) is 0.652. The van der Waals surface area contributed by atoms with Gasteiger partial charge in [0.25, 0.3) is 0 Å². The van der Waals surface area contributed by atoms with Crippen molar-refractivity contribution in [3.05, 3.63) is 23.3 Å². The normalized spacial score (nSPS) is 32.4. The van der Waals surface area contributed by atoms with Crippen molar-refractivity contribution in [1.82, 2.24) is 0 Å². The highest BCUT2D eigenvalue weighted by molar-refractivity contribution is 5.97. The lowest BCUT2D eigenvalue weighted by Crippen LogP contribution is -2.34. The predicted octanol–water partition coefficient (Wildman–Crippen LogP) is 4.83. The molecule has 0 bridgehead atoms. The zero-order valence-electron chi connectivity index (χ0n) is 12.1. The molecule has 0 amide bonds. The van der Waals surface area contributed by atoms with Crippen molar-refractivity contribution in [3.63, 3.8) is 0 Å². The third-order valence-corrected chi connectivity index (χ3v) is 5.03. The summed E-state index contributed by atoms with van der Waals surface area (Å²) in [4.78, 5) is 12.2. The molecular weight excluding hydrogens is 220 g/mol. The zero-order chi connectivity index (χ0) is 13.3. The van der Waals surface area contributed by atoms with Gasteiger partial charge in [-0.25, -0.2) is 0 Å². The highest BCUT2D eigenvalue weighted by Gasteiger charge is 2.41. The number of ketones is 1. The third-order valence-electron chi connectivity index (χ3n) is 5.03. The standard InChI is InChI=1S/C17H26O/c1-5-6-14-15-11-13(12(2)3)7-9-17(15,4)10-8-16(14)18/h13H,2,5-11H2,1,3-4H3. The average molecular weight is 246 g/mol. The molecule has 0 saturated heterocycles. The largest absolute Gasteiger partial charge is 0.295 e. The molecule has 0 N–H and O–H groups in total. The molecule has 0 aromatic heterocycles. The van der Waals surface area contributed by atoms with E-state index in [1.54, 1.807) is 0 Å². The topological polar surface area (TPSA) is 17.1 Å². The molecular formula is C17H26O. The van der Waals surface area contributed by atoms with Gasteiger partial charge in [0, 0.05) is 6.42 Å². The van der Waals surface area contributed by atoms with Crippen molar-refractivity contribution >= 4 is 5.78 Å². The van der Waals surface area contributed by atoms with Gasteiger partial charge in [-0.3, -0.25) is 4.79 Å². The Morgan fingerprint density at radius 3 is 2.78 bits per heavy atom. The maximum absolute atomic E-state index is 12.2. The Kier molecular flexibility index (Phi) is 3.79. The predicted molar refractivity (Wildman–Crippen MR) is 76.4 cm³/mol. The molecule has 1 nitrogen and oxygen atoms in total. The summed E-state index contributed by atoms with van der Waals surface area (Å²) in [6.07, 6.45) is 7.48. The Morgan fingerprint density at radius 2 is 2.17 bits per heavy atom. The van der Waals surface area contributed by atoms with Gasteiger partial charge in [0.05, 0.1) is 0 Å². The van der Waals surface area contributed by atoms with Gasteiger partial charge in [0.15, 0.2) is 5.78 Å². The first kappa shape index (κ1) is 13.6. The molecule has 2 atom stereocenters. The van der Waals surface area contributed by atoms with E-state index < -0.39 is 0 Å². The summed E-state index contributed by atoms with van der Waals surface area (Å²) < 4.78 is 0. The van der Waals surface area contributed by atoms with Crippen molar-refractivity contribution < 1.29 is 4.79 Å². The van der Waals surface area contributed by atoms with Crippen molar-refractivity contribution in [1.29, 1.82) is 0 Å². The molecule has 1 heteroatoms. The van der Waals surface area contributed by atoms with E-state index in [1.807, 2.05) is 0 Å². The van der Waals surface area contributed by atoms with Crippen LogP contribution < -0.4 is 0 Å². The minimum absolute atomic E-state index is 0.310. The number of carbonyl (C=O) groups excluding carboxylic acids is 1. The number of Topliss-reactive ketones (excluding diaryl/α,β-unsaturated/α-hetero) is 1. The maximum Gasteiger partial charge on any atom is 0.158 e.